The van der Waals surface area contributed by atoms with Crippen LogP contribution in [-0.2, 0) is 0 Å². The van der Waals surface area contributed by atoms with Crippen LogP contribution in [0.25, 0.3) is 0 Å². The van der Waals surface area contributed by atoms with Gasteiger partial charge in [0.2, 0.25) is 11.6 Å². The summed E-state index contributed by atoms with van der Waals surface area (Å²) < 4.78 is 5.51. The SMILES string of the molecule is Cc1ccc(Oc2ncccc2[C@@H](C)O)c([N+](=O)[O-])c1. The predicted molar refractivity (Wildman–Crippen MR) is 72.8 cm³/mol. The van der Waals surface area contributed by atoms with Gasteiger partial charge in [-0.25, -0.2) is 4.98 Å². The molecule has 0 aliphatic heterocycles. The first kappa shape index (κ1) is 14.0. The third kappa shape index (κ3) is 2.92. The Morgan fingerprint density at radius 1 is 1.40 bits per heavy atom. The van der Waals surface area contributed by atoms with E-state index in [9.17, 15) is 15.2 Å². The number of hydrogen-bond acceptors (Lipinski definition) is 5. The zero-order valence-corrected chi connectivity index (χ0v) is 11.1. The number of nitro benzene ring substituents is 1. The summed E-state index contributed by atoms with van der Waals surface area (Å²) in [5.41, 5.74) is 1.11. The number of aliphatic hydroxyl groups excluding tert-OH is 1. The van der Waals surface area contributed by atoms with Crippen molar-refractivity contribution in [3.05, 3.63) is 57.8 Å². The van der Waals surface area contributed by atoms with Crippen LogP contribution >= 0.6 is 0 Å². The molecule has 1 aromatic heterocycles. The van der Waals surface area contributed by atoms with Gasteiger partial charge < -0.3 is 9.84 Å². The molecular formula is C14H14N2O4. The maximum atomic E-state index is 11.0. The Morgan fingerprint density at radius 3 is 2.80 bits per heavy atom. The number of aromatic nitrogens is 1. The zero-order valence-electron chi connectivity index (χ0n) is 11.1. The van der Waals surface area contributed by atoms with E-state index in [4.69, 9.17) is 4.74 Å². The molecule has 20 heavy (non-hydrogen) atoms. The molecule has 1 heterocycles. The van der Waals surface area contributed by atoms with Crippen LogP contribution in [0.2, 0.25) is 0 Å². The van der Waals surface area contributed by atoms with E-state index >= 15 is 0 Å². The minimum atomic E-state index is -0.775. The Balaban J connectivity index is 2.43. The monoisotopic (exact) mass is 274 g/mol. The topological polar surface area (TPSA) is 85.5 Å². The number of aryl methyl sites for hydroxylation is 1. The molecule has 0 unspecified atom stereocenters. The summed E-state index contributed by atoms with van der Waals surface area (Å²) in [6.45, 7) is 3.34. The Kier molecular flexibility index (Phi) is 3.95. The molecular weight excluding hydrogens is 260 g/mol. The first-order valence-corrected chi connectivity index (χ1v) is 6.05. The van der Waals surface area contributed by atoms with Crippen LogP contribution < -0.4 is 4.74 Å². The van der Waals surface area contributed by atoms with Crippen molar-refractivity contribution in [2.75, 3.05) is 0 Å². The summed E-state index contributed by atoms with van der Waals surface area (Å²) in [7, 11) is 0. The third-order valence-corrected chi connectivity index (χ3v) is 2.77. The van der Waals surface area contributed by atoms with Gasteiger partial charge in [-0.15, -0.1) is 0 Å². The lowest BCUT2D eigenvalue weighted by Crippen LogP contribution is -2.00. The van der Waals surface area contributed by atoms with Gasteiger partial charge in [-0.1, -0.05) is 6.07 Å². The quantitative estimate of drug-likeness (QED) is 0.683. The van der Waals surface area contributed by atoms with E-state index in [1.807, 2.05) is 0 Å². The van der Waals surface area contributed by atoms with Crippen molar-refractivity contribution in [1.82, 2.24) is 4.98 Å². The summed E-state index contributed by atoms with van der Waals surface area (Å²) >= 11 is 0. The molecule has 6 heteroatoms. The number of rotatable bonds is 4. The molecule has 0 spiro atoms. The van der Waals surface area contributed by atoms with Crippen LogP contribution in [0.4, 0.5) is 5.69 Å². The molecule has 0 fully saturated rings. The van der Waals surface area contributed by atoms with Gasteiger partial charge in [0.15, 0.2) is 0 Å². The normalized spacial score (nSPS) is 11.9. The molecule has 0 aliphatic carbocycles. The third-order valence-electron chi connectivity index (χ3n) is 2.77. The molecule has 0 radical (unpaired) electrons. The summed E-state index contributed by atoms with van der Waals surface area (Å²) in [6, 6.07) is 7.99. The number of nitrogens with zero attached hydrogens (tertiary/aromatic N) is 2. The molecule has 1 N–H and O–H groups in total. The first-order chi connectivity index (χ1) is 9.49. The van der Waals surface area contributed by atoms with Gasteiger partial charge in [0.1, 0.15) is 0 Å². The second-order valence-corrected chi connectivity index (χ2v) is 4.40. The minimum absolute atomic E-state index is 0.0983. The molecule has 0 bridgehead atoms. The van der Waals surface area contributed by atoms with Crippen LogP contribution in [0.3, 0.4) is 0 Å². The maximum absolute atomic E-state index is 11.0. The van der Waals surface area contributed by atoms with Gasteiger partial charge >= 0.3 is 5.69 Å². The standard InChI is InChI=1S/C14H14N2O4/c1-9-5-6-13(12(8-9)16(18)19)20-14-11(10(2)17)4-3-7-15-14/h3-8,10,17H,1-2H3/t10-/m1/s1. The number of ether oxygens (including phenoxy) is 1. The smallest absolute Gasteiger partial charge is 0.311 e. The first-order valence-electron chi connectivity index (χ1n) is 6.05. The zero-order chi connectivity index (χ0) is 14.7. The Bertz CT molecular complexity index is 641. The molecule has 0 amide bonds. The number of pyridine rings is 1. The van der Waals surface area contributed by atoms with E-state index in [2.05, 4.69) is 4.98 Å². The Morgan fingerprint density at radius 2 is 2.15 bits per heavy atom. The highest BCUT2D eigenvalue weighted by Crippen LogP contribution is 2.33. The van der Waals surface area contributed by atoms with Crippen molar-refractivity contribution in [3.63, 3.8) is 0 Å². The predicted octanol–water partition coefficient (Wildman–Crippen LogP) is 3.14. The van der Waals surface area contributed by atoms with Crippen LogP contribution in [0.1, 0.15) is 24.2 Å². The van der Waals surface area contributed by atoms with E-state index < -0.39 is 11.0 Å². The lowest BCUT2D eigenvalue weighted by Gasteiger charge is -2.11. The highest BCUT2D eigenvalue weighted by molar-refractivity contribution is 5.50. The fourth-order valence-electron chi connectivity index (χ4n) is 1.77. The average Bonchev–Trinajstić information content (AvgIpc) is 2.41. The molecule has 6 nitrogen and oxygen atoms in total. The van der Waals surface area contributed by atoms with Gasteiger partial charge in [-0.05, 0) is 37.6 Å². The highest BCUT2D eigenvalue weighted by Gasteiger charge is 2.18. The van der Waals surface area contributed by atoms with Crippen LogP contribution in [0.15, 0.2) is 36.5 Å². The summed E-state index contributed by atoms with van der Waals surface area (Å²) in [5, 5.41) is 20.7. The van der Waals surface area contributed by atoms with Crippen LogP contribution in [0, 0.1) is 17.0 Å². The van der Waals surface area contributed by atoms with E-state index in [0.29, 0.717) is 5.56 Å². The van der Waals surface area contributed by atoms with Crippen LogP contribution in [-0.4, -0.2) is 15.0 Å². The summed E-state index contributed by atoms with van der Waals surface area (Å²) in [4.78, 5) is 14.5. The van der Waals surface area contributed by atoms with E-state index in [1.54, 1.807) is 32.0 Å². The Hall–Kier alpha value is -2.47. The average molecular weight is 274 g/mol. The van der Waals surface area contributed by atoms with E-state index in [1.165, 1.54) is 18.3 Å². The van der Waals surface area contributed by atoms with E-state index in [-0.39, 0.29) is 17.3 Å². The van der Waals surface area contributed by atoms with Crippen molar-refractivity contribution in [1.29, 1.82) is 0 Å². The van der Waals surface area contributed by atoms with Crippen molar-refractivity contribution >= 4 is 5.69 Å². The van der Waals surface area contributed by atoms with Gasteiger partial charge in [-0.2, -0.15) is 0 Å². The van der Waals surface area contributed by atoms with Crippen molar-refractivity contribution in [3.8, 4) is 11.6 Å². The molecule has 2 aromatic rings. The number of nitro groups is 1. The lowest BCUT2D eigenvalue weighted by molar-refractivity contribution is -0.385. The van der Waals surface area contributed by atoms with Crippen molar-refractivity contribution < 1.29 is 14.8 Å². The molecule has 0 saturated carbocycles. The van der Waals surface area contributed by atoms with Crippen molar-refractivity contribution in [2.24, 2.45) is 0 Å². The molecule has 0 saturated heterocycles. The van der Waals surface area contributed by atoms with E-state index in [0.717, 1.165) is 5.56 Å². The van der Waals surface area contributed by atoms with Gasteiger partial charge in [-0.3, -0.25) is 10.1 Å². The largest absolute Gasteiger partial charge is 0.431 e. The Labute approximate surface area is 115 Å². The molecule has 1 atom stereocenters. The fraction of sp³-hybridized carbons (Fsp3) is 0.214. The number of hydrogen-bond donors (Lipinski definition) is 1. The van der Waals surface area contributed by atoms with Crippen LogP contribution in [0.5, 0.6) is 11.6 Å². The summed E-state index contributed by atoms with van der Waals surface area (Å²) in [5.74, 6) is 0.260. The van der Waals surface area contributed by atoms with Crippen molar-refractivity contribution in [2.45, 2.75) is 20.0 Å². The molecule has 0 aliphatic rings. The summed E-state index contributed by atoms with van der Waals surface area (Å²) in [6.07, 6.45) is 0.726. The van der Waals surface area contributed by atoms with Gasteiger partial charge in [0.05, 0.1) is 11.0 Å². The maximum Gasteiger partial charge on any atom is 0.311 e. The fourth-order valence-corrected chi connectivity index (χ4v) is 1.77. The second-order valence-electron chi connectivity index (χ2n) is 4.40. The highest BCUT2D eigenvalue weighted by atomic mass is 16.6. The molecule has 104 valence electrons. The number of benzene rings is 1. The molecule has 2 rings (SSSR count). The second kappa shape index (κ2) is 5.66. The minimum Gasteiger partial charge on any atom is -0.431 e. The van der Waals surface area contributed by atoms with Gasteiger partial charge in [0.25, 0.3) is 0 Å². The van der Waals surface area contributed by atoms with Gasteiger partial charge in [0, 0.05) is 17.8 Å². The molecule has 1 aromatic carbocycles. The number of aliphatic hydroxyl groups is 1. The lowest BCUT2D eigenvalue weighted by atomic mass is 10.2.